The van der Waals surface area contributed by atoms with Crippen molar-refractivity contribution in [1.29, 1.82) is 0 Å². The van der Waals surface area contributed by atoms with Crippen molar-refractivity contribution in [3.8, 4) is 0 Å². The summed E-state index contributed by atoms with van der Waals surface area (Å²) in [6.45, 7) is 1.58. The van der Waals surface area contributed by atoms with Crippen LogP contribution in [-0.2, 0) is 6.18 Å². The van der Waals surface area contributed by atoms with E-state index in [1.165, 1.54) is 29.3 Å². The zero-order valence-electron chi connectivity index (χ0n) is 12.8. The minimum Gasteiger partial charge on any atom is -0.353 e. The average molecular weight is 324 g/mol. The molecule has 0 saturated heterocycles. The molecule has 0 aromatic carbocycles. The molecule has 0 fully saturated rings. The van der Waals surface area contributed by atoms with E-state index in [1.54, 1.807) is 21.0 Å². The lowest BCUT2D eigenvalue weighted by molar-refractivity contribution is -0.137. The Kier molecular flexibility index (Phi) is 4.53. The van der Waals surface area contributed by atoms with Crippen LogP contribution in [0.25, 0.3) is 0 Å². The minimum absolute atomic E-state index is 0.0417. The Labute approximate surface area is 131 Å². The smallest absolute Gasteiger partial charge is 0.353 e. The van der Waals surface area contributed by atoms with Gasteiger partial charge in [0, 0.05) is 32.2 Å². The van der Waals surface area contributed by atoms with Crippen molar-refractivity contribution in [2.45, 2.75) is 13.1 Å². The van der Waals surface area contributed by atoms with E-state index < -0.39 is 17.6 Å². The lowest BCUT2D eigenvalue weighted by atomic mass is 10.1. The van der Waals surface area contributed by atoms with Crippen LogP contribution in [0.2, 0.25) is 0 Å². The first-order valence-corrected chi connectivity index (χ1v) is 6.67. The van der Waals surface area contributed by atoms with Crippen LogP contribution in [0, 0.1) is 6.92 Å². The number of amides is 1. The van der Waals surface area contributed by atoms with Gasteiger partial charge in [-0.2, -0.15) is 13.2 Å². The highest BCUT2D eigenvalue weighted by molar-refractivity contribution is 5.98. The first-order chi connectivity index (χ1) is 10.7. The van der Waals surface area contributed by atoms with Crippen LogP contribution in [0.5, 0.6) is 0 Å². The molecule has 0 aliphatic heterocycles. The molecule has 122 valence electrons. The molecule has 0 radical (unpaired) electrons. The van der Waals surface area contributed by atoms with Crippen LogP contribution in [0.3, 0.4) is 0 Å². The number of hydrogen-bond acceptors (Lipinski definition) is 4. The van der Waals surface area contributed by atoms with Gasteiger partial charge in [0.25, 0.3) is 5.91 Å². The summed E-state index contributed by atoms with van der Waals surface area (Å²) >= 11 is 0. The number of alkyl halides is 3. The highest BCUT2D eigenvalue weighted by atomic mass is 19.4. The summed E-state index contributed by atoms with van der Waals surface area (Å²) in [5.74, 6) is -0.410. The number of anilines is 2. The van der Waals surface area contributed by atoms with Crippen molar-refractivity contribution >= 4 is 17.3 Å². The highest BCUT2D eigenvalue weighted by Gasteiger charge is 2.34. The molecule has 2 heterocycles. The van der Waals surface area contributed by atoms with Gasteiger partial charge in [0.05, 0.1) is 16.9 Å². The Balaban J connectivity index is 2.49. The average Bonchev–Trinajstić information content (AvgIpc) is 2.45. The molecule has 2 rings (SSSR count). The van der Waals surface area contributed by atoms with Crippen LogP contribution >= 0.6 is 0 Å². The number of rotatable bonds is 3. The van der Waals surface area contributed by atoms with Crippen molar-refractivity contribution in [3.63, 3.8) is 0 Å². The zero-order valence-corrected chi connectivity index (χ0v) is 12.8. The van der Waals surface area contributed by atoms with Gasteiger partial charge in [-0.25, -0.2) is 4.98 Å². The number of hydrogen-bond donors (Lipinski definition) is 1. The molecule has 1 amide bonds. The van der Waals surface area contributed by atoms with E-state index in [0.29, 0.717) is 5.69 Å². The lowest BCUT2D eigenvalue weighted by Crippen LogP contribution is -2.24. The third-order valence-corrected chi connectivity index (χ3v) is 3.03. The predicted octanol–water partition coefficient (Wildman–Crippen LogP) is 3.25. The van der Waals surface area contributed by atoms with Crippen LogP contribution in [0.15, 0.2) is 30.6 Å². The maximum atomic E-state index is 13.1. The summed E-state index contributed by atoms with van der Waals surface area (Å²) in [5.41, 5.74) is -0.423. The molecule has 0 spiro atoms. The van der Waals surface area contributed by atoms with Gasteiger partial charge in [-0.05, 0) is 25.1 Å². The second-order valence-electron chi connectivity index (χ2n) is 5.09. The Bertz CT molecular complexity index is 729. The third-order valence-electron chi connectivity index (χ3n) is 3.03. The van der Waals surface area contributed by atoms with E-state index in [4.69, 9.17) is 0 Å². The van der Waals surface area contributed by atoms with Crippen LogP contribution in [0.1, 0.15) is 21.7 Å². The predicted molar refractivity (Wildman–Crippen MR) is 79.5 cm³/mol. The maximum absolute atomic E-state index is 13.1. The number of aryl methyl sites for hydroxylation is 1. The Morgan fingerprint density at radius 1 is 1.22 bits per heavy atom. The molecule has 0 aliphatic carbocycles. The molecule has 1 N–H and O–H groups in total. The molecule has 8 heteroatoms. The Morgan fingerprint density at radius 2 is 1.91 bits per heavy atom. The topological polar surface area (TPSA) is 58.1 Å². The molecule has 0 bridgehead atoms. The van der Waals surface area contributed by atoms with E-state index in [9.17, 15) is 18.0 Å². The normalized spacial score (nSPS) is 11.2. The van der Waals surface area contributed by atoms with Crippen molar-refractivity contribution in [1.82, 2.24) is 14.9 Å². The molecular weight excluding hydrogens is 309 g/mol. The van der Waals surface area contributed by atoms with Gasteiger partial charge in [0.1, 0.15) is 0 Å². The van der Waals surface area contributed by atoms with Gasteiger partial charge in [-0.3, -0.25) is 9.78 Å². The maximum Gasteiger partial charge on any atom is 0.419 e. The molecule has 2 aromatic heterocycles. The monoisotopic (exact) mass is 324 g/mol. The van der Waals surface area contributed by atoms with E-state index >= 15 is 0 Å². The molecular formula is C15H15F3N4O. The summed E-state index contributed by atoms with van der Waals surface area (Å²) in [4.78, 5) is 21.0. The van der Waals surface area contributed by atoms with Gasteiger partial charge in [-0.15, -0.1) is 0 Å². The molecule has 0 atom stereocenters. The van der Waals surface area contributed by atoms with Crippen LogP contribution < -0.4 is 5.32 Å². The summed E-state index contributed by atoms with van der Waals surface area (Å²) in [6.07, 6.45) is -2.39. The fourth-order valence-corrected chi connectivity index (χ4v) is 1.92. The van der Waals surface area contributed by atoms with Crippen molar-refractivity contribution in [3.05, 3.63) is 47.5 Å². The van der Waals surface area contributed by atoms with E-state index in [0.717, 1.165) is 6.20 Å². The third kappa shape index (κ3) is 3.77. The Morgan fingerprint density at radius 3 is 2.52 bits per heavy atom. The van der Waals surface area contributed by atoms with E-state index in [-0.39, 0.29) is 17.1 Å². The van der Waals surface area contributed by atoms with Crippen LogP contribution in [-0.4, -0.2) is 34.9 Å². The highest BCUT2D eigenvalue weighted by Crippen LogP contribution is 2.36. The Hall–Kier alpha value is -2.64. The number of carbonyl (C=O) groups excluding carboxylic acids is 1. The summed E-state index contributed by atoms with van der Waals surface area (Å²) < 4.78 is 39.3. The number of nitrogens with zero attached hydrogens (tertiary/aromatic N) is 3. The van der Waals surface area contributed by atoms with Crippen molar-refractivity contribution < 1.29 is 18.0 Å². The number of aromatic nitrogens is 2. The molecule has 5 nitrogen and oxygen atoms in total. The van der Waals surface area contributed by atoms with Gasteiger partial charge >= 0.3 is 6.18 Å². The summed E-state index contributed by atoms with van der Waals surface area (Å²) in [7, 11) is 3.08. The van der Waals surface area contributed by atoms with Gasteiger partial charge < -0.3 is 10.2 Å². The van der Waals surface area contributed by atoms with E-state index in [2.05, 4.69) is 15.3 Å². The number of pyridine rings is 2. The van der Waals surface area contributed by atoms with Crippen molar-refractivity contribution in [2.24, 2.45) is 0 Å². The zero-order chi connectivity index (χ0) is 17.2. The van der Waals surface area contributed by atoms with Gasteiger partial charge in [0.15, 0.2) is 5.69 Å². The number of nitrogens with one attached hydrogen (secondary N) is 1. The van der Waals surface area contributed by atoms with Crippen molar-refractivity contribution in [2.75, 3.05) is 19.4 Å². The fourth-order valence-electron chi connectivity index (χ4n) is 1.92. The molecule has 0 aliphatic rings. The molecule has 2 aromatic rings. The quantitative estimate of drug-likeness (QED) is 0.941. The second kappa shape index (κ2) is 6.23. The van der Waals surface area contributed by atoms with Crippen LogP contribution in [0.4, 0.5) is 24.5 Å². The lowest BCUT2D eigenvalue weighted by Gasteiger charge is -2.17. The molecule has 0 unspecified atom stereocenters. The van der Waals surface area contributed by atoms with Gasteiger partial charge in [0.2, 0.25) is 0 Å². The first-order valence-electron chi connectivity index (χ1n) is 6.67. The first kappa shape index (κ1) is 16.7. The summed E-state index contributed by atoms with van der Waals surface area (Å²) in [5, 5.41) is 2.65. The largest absolute Gasteiger partial charge is 0.419 e. The molecule has 23 heavy (non-hydrogen) atoms. The number of halogens is 3. The number of carbonyl (C=O) groups is 1. The fraction of sp³-hybridized carbons (Fsp3) is 0.267. The standard InChI is InChI=1S/C15H15F3N4O/c1-9-7-12(10(8-20-9)15(16,17)18)21-11-5-4-6-19-13(11)14(23)22(2)3/h4-8H,1-3H3,(H,20,21). The van der Waals surface area contributed by atoms with E-state index in [1.807, 2.05) is 0 Å². The molecule has 0 saturated carbocycles. The SMILES string of the molecule is Cc1cc(Nc2cccnc2C(=O)N(C)C)c(C(F)(F)F)cn1. The minimum atomic E-state index is -4.56. The second-order valence-corrected chi connectivity index (χ2v) is 5.09. The summed E-state index contributed by atoms with van der Waals surface area (Å²) in [6, 6.07) is 4.31. The van der Waals surface area contributed by atoms with Gasteiger partial charge in [-0.1, -0.05) is 0 Å².